The number of nitrogens with two attached hydrogens (primary N) is 1. The third kappa shape index (κ3) is 4.34. The van der Waals surface area contributed by atoms with E-state index in [-0.39, 0.29) is 16.7 Å². The number of anilines is 2. The molecule has 2 aromatic rings. The minimum absolute atomic E-state index is 0.0276. The largest absolute Gasteiger partial charge is 0.326 e. The Hall–Kier alpha value is -2.45. The van der Waals surface area contributed by atoms with Gasteiger partial charge in [0.2, 0.25) is 15.9 Å². The number of aromatic nitrogens is 1. The lowest BCUT2D eigenvalue weighted by Gasteiger charge is -2.27. The van der Waals surface area contributed by atoms with Gasteiger partial charge >= 0.3 is 0 Å². The lowest BCUT2D eigenvalue weighted by Crippen LogP contribution is -2.40. The Morgan fingerprint density at radius 3 is 2.36 bits per heavy atom. The number of sulfonamides is 1. The standard InChI is InChI=1S/C17H20N4O3S/c18-25(23,24)15-6-7-16(19-12-15)21-10-8-13(9-11-21)17(22)20-14-4-2-1-3-5-14/h1-7,12-13H,8-11H2,(H,20,22)(H2,18,23,24)/p+1. The molecule has 1 fully saturated rings. The highest BCUT2D eigenvalue weighted by molar-refractivity contribution is 7.89. The van der Waals surface area contributed by atoms with Gasteiger partial charge in [-0.25, -0.2) is 18.5 Å². The molecule has 0 aliphatic carbocycles. The second-order valence-electron chi connectivity index (χ2n) is 6.07. The van der Waals surface area contributed by atoms with Crippen molar-refractivity contribution in [2.45, 2.75) is 17.7 Å². The normalized spacial score (nSPS) is 15.8. The number of aromatic amines is 1. The molecule has 0 unspecified atom stereocenters. The second-order valence-corrected chi connectivity index (χ2v) is 7.63. The van der Waals surface area contributed by atoms with Gasteiger partial charge < -0.3 is 5.32 Å². The predicted octanol–water partition coefficient (Wildman–Crippen LogP) is 1.00. The van der Waals surface area contributed by atoms with Crippen LogP contribution in [0.1, 0.15) is 12.8 Å². The van der Waals surface area contributed by atoms with E-state index in [2.05, 4.69) is 15.2 Å². The molecular weight excluding hydrogens is 340 g/mol. The van der Waals surface area contributed by atoms with Gasteiger partial charge in [0.15, 0.2) is 0 Å². The van der Waals surface area contributed by atoms with Crippen molar-refractivity contribution in [3.63, 3.8) is 0 Å². The number of carbonyl (C=O) groups excluding carboxylic acids is 1. The van der Waals surface area contributed by atoms with Gasteiger partial charge in [0, 0.05) is 17.7 Å². The summed E-state index contributed by atoms with van der Waals surface area (Å²) in [4.78, 5) is 17.5. The van der Waals surface area contributed by atoms with E-state index in [1.165, 1.54) is 12.3 Å². The Balaban J connectivity index is 1.57. The Morgan fingerprint density at radius 1 is 1.12 bits per heavy atom. The average Bonchev–Trinajstić information content (AvgIpc) is 2.62. The van der Waals surface area contributed by atoms with Crippen molar-refractivity contribution < 1.29 is 18.2 Å². The van der Waals surface area contributed by atoms with Crippen LogP contribution in [0, 0.1) is 5.92 Å². The van der Waals surface area contributed by atoms with Gasteiger partial charge in [0.25, 0.3) is 5.82 Å². The number of rotatable bonds is 4. The van der Waals surface area contributed by atoms with Crippen LogP contribution in [-0.4, -0.2) is 27.4 Å². The van der Waals surface area contributed by atoms with Crippen LogP contribution in [0.4, 0.5) is 11.5 Å². The summed E-state index contributed by atoms with van der Waals surface area (Å²) in [6.45, 7) is 1.44. The van der Waals surface area contributed by atoms with Crippen molar-refractivity contribution in [3.8, 4) is 0 Å². The molecule has 8 heteroatoms. The number of para-hydroxylation sites is 1. The Morgan fingerprint density at radius 2 is 1.80 bits per heavy atom. The summed E-state index contributed by atoms with van der Waals surface area (Å²) < 4.78 is 22.6. The fourth-order valence-electron chi connectivity index (χ4n) is 2.92. The van der Waals surface area contributed by atoms with Crippen LogP contribution in [-0.2, 0) is 14.8 Å². The van der Waals surface area contributed by atoms with Gasteiger partial charge in [-0.2, -0.15) is 0 Å². The molecule has 1 aliphatic heterocycles. The molecule has 0 bridgehead atoms. The van der Waals surface area contributed by atoms with Crippen LogP contribution in [0.3, 0.4) is 0 Å². The first-order valence-electron chi connectivity index (χ1n) is 8.09. The summed E-state index contributed by atoms with van der Waals surface area (Å²) in [7, 11) is -3.70. The molecule has 4 N–H and O–H groups in total. The second kappa shape index (κ2) is 7.20. The van der Waals surface area contributed by atoms with Crippen LogP contribution in [0.15, 0.2) is 53.6 Å². The molecule has 1 aliphatic rings. The van der Waals surface area contributed by atoms with Crippen LogP contribution >= 0.6 is 0 Å². The van der Waals surface area contributed by atoms with E-state index in [4.69, 9.17) is 5.14 Å². The van der Waals surface area contributed by atoms with Crippen molar-refractivity contribution in [1.82, 2.24) is 0 Å². The number of primary sulfonamides is 1. The molecule has 0 radical (unpaired) electrons. The number of benzene rings is 1. The highest BCUT2D eigenvalue weighted by atomic mass is 32.2. The van der Waals surface area contributed by atoms with Crippen LogP contribution in [0.2, 0.25) is 0 Å². The number of hydrogen-bond donors (Lipinski definition) is 2. The number of hydrogen-bond acceptors (Lipinski definition) is 4. The molecule has 1 aromatic carbocycles. The van der Waals surface area contributed by atoms with E-state index in [1.54, 1.807) is 6.07 Å². The lowest BCUT2D eigenvalue weighted by molar-refractivity contribution is -0.367. The highest BCUT2D eigenvalue weighted by Gasteiger charge is 2.29. The highest BCUT2D eigenvalue weighted by Crippen LogP contribution is 2.22. The fourth-order valence-corrected chi connectivity index (χ4v) is 3.41. The summed E-state index contributed by atoms with van der Waals surface area (Å²) >= 11 is 0. The van der Waals surface area contributed by atoms with Crippen molar-refractivity contribution in [2.75, 3.05) is 23.3 Å². The quantitative estimate of drug-likeness (QED) is 0.847. The van der Waals surface area contributed by atoms with Gasteiger partial charge in [0.1, 0.15) is 11.1 Å². The third-order valence-corrected chi connectivity index (χ3v) is 5.26. The number of carbonyl (C=O) groups is 1. The number of nitrogens with zero attached hydrogens (tertiary/aromatic N) is 1. The van der Waals surface area contributed by atoms with E-state index in [1.807, 2.05) is 30.3 Å². The summed E-state index contributed by atoms with van der Waals surface area (Å²) in [6.07, 6.45) is 2.87. The number of piperidine rings is 1. The lowest BCUT2D eigenvalue weighted by atomic mass is 9.96. The fraction of sp³-hybridized carbons (Fsp3) is 0.294. The van der Waals surface area contributed by atoms with Crippen molar-refractivity contribution in [1.29, 1.82) is 0 Å². The Bertz CT molecular complexity index is 830. The summed E-state index contributed by atoms with van der Waals surface area (Å²) in [6, 6.07) is 12.6. The third-order valence-electron chi connectivity index (χ3n) is 4.34. The van der Waals surface area contributed by atoms with Gasteiger partial charge in [0.05, 0.1) is 13.1 Å². The SMILES string of the molecule is NS(=O)(=O)c1ccc(N2CCC(C(=O)Nc3ccccc3)CC2)[nH+]c1. The first-order chi connectivity index (χ1) is 11.9. The first kappa shape index (κ1) is 17.4. The number of nitrogens with one attached hydrogen (secondary N) is 2. The van der Waals surface area contributed by atoms with E-state index in [9.17, 15) is 13.2 Å². The van der Waals surface area contributed by atoms with Crippen molar-refractivity contribution in [2.24, 2.45) is 11.1 Å². The Kier molecular flexibility index (Phi) is 5.00. The minimum Gasteiger partial charge on any atom is -0.326 e. The zero-order chi connectivity index (χ0) is 17.9. The molecular formula is C17H21N4O3S+. The minimum atomic E-state index is -3.70. The van der Waals surface area contributed by atoms with Gasteiger partial charge in [-0.3, -0.25) is 9.69 Å². The number of H-pyrrole nitrogens is 1. The predicted molar refractivity (Wildman–Crippen MR) is 94.4 cm³/mol. The maximum absolute atomic E-state index is 12.3. The van der Waals surface area contributed by atoms with Crippen LogP contribution in [0.5, 0.6) is 0 Å². The van der Waals surface area contributed by atoms with Crippen molar-refractivity contribution in [3.05, 3.63) is 48.7 Å². The van der Waals surface area contributed by atoms with Crippen LogP contribution in [0.25, 0.3) is 0 Å². The molecule has 2 heterocycles. The average molecular weight is 361 g/mol. The first-order valence-corrected chi connectivity index (χ1v) is 9.63. The summed E-state index contributed by atoms with van der Waals surface area (Å²) in [5.74, 6) is 0.828. The van der Waals surface area contributed by atoms with Crippen molar-refractivity contribution >= 4 is 27.4 Å². The summed E-state index contributed by atoms with van der Waals surface area (Å²) in [5, 5.41) is 8.04. The molecule has 1 saturated heterocycles. The molecule has 3 rings (SSSR count). The summed E-state index contributed by atoms with van der Waals surface area (Å²) in [5.41, 5.74) is 0.807. The smallest absolute Gasteiger partial charge is 0.274 e. The van der Waals surface area contributed by atoms with E-state index in [0.29, 0.717) is 0 Å². The molecule has 1 amide bonds. The molecule has 0 saturated carbocycles. The van der Waals surface area contributed by atoms with E-state index >= 15 is 0 Å². The zero-order valence-corrected chi connectivity index (χ0v) is 14.5. The molecule has 25 heavy (non-hydrogen) atoms. The maximum Gasteiger partial charge on any atom is 0.274 e. The molecule has 132 valence electrons. The van der Waals surface area contributed by atoms with Gasteiger partial charge in [-0.1, -0.05) is 18.2 Å². The number of pyridine rings is 1. The van der Waals surface area contributed by atoms with Crippen LogP contribution < -0.4 is 20.3 Å². The molecule has 0 atom stereocenters. The maximum atomic E-state index is 12.3. The number of amides is 1. The molecule has 1 aromatic heterocycles. The van der Waals surface area contributed by atoms with Gasteiger partial charge in [-0.15, -0.1) is 0 Å². The topological polar surface area (TPSA) is 107 Å². The van der Waals surface area contributed by atoms with E-state index < -0.39 is 10.0 Å². The molecule has 7 nitrogen and oxygen atoms in total. The monoisotopic (exact) mass is 361 g/mol. The van der Waals surface area contributed by atoms with E-state index in [0.717, 1.165) is 37.4 Å². The zero-order valence-electron chi connectivity index (χ0n) is 13.7. The van der Waals surface area contributed by atoms with Gasteiger partial charge in [-0.05, 0) is 31.0 Å². The Labute approximate surface area is 146 Å². The molecule has 0 spiro atoms.